The fourth-order valence-corrected chi connectivity index (χ4v) is 3.35. The van der Waals surface area contributed by atoms with E-state index >= 15 is 0 Å². The maximum atomic E-state index is 4.14. The molecule has 0 atom stereocenters. The molecule has 0 fully saturated rings. The van der Waals surface area contributed by atoms with Gasteiger partial charge in [-0.25, -0.2) is 0 Å². The van der Waals surface area contributed by atoms with Crippen LogP contribution < -0.4 is 5.32 Å². The Balaban J connectivity index is 1.70. The van der Waals surface area contributed by atoms with Crippen LogP contribution in [0, 0.1) is 0 Å². The van der Waals surface area contributed by atoms with Gasteiger partial charge in [0.05, 0.1) is 11.4 Å². The highest BCUT2D eigenvalue weighted by Gasteiger charge is 2.11. The fourth-order valence-electron chi connectivity index (χ4n) is 1.66. The number of nitrogens with zero attached hydrogens (tertiary/aromatic N) is 6. The molecule has 2 aromatic heterocycles. The van der Waals surface area contributed by atoms with Gasteiger partial charge in [0.2, 0.25) is 10.3 Å². The summed E-state index contributed by atoms with van der Waals surface area (Å²) in [6.07, 6.45) is 0. The third-order valence-corrected chi connectivity index (χ3v) is 4.56. The topological polar surface area (TPSA) is 81.4 Å². The summed E-state index contributed by atoms with van der Waals surface area (Å²) < 4.78 is 1.72. The molecule has 0 aliphatic heterocycles. The lowest BCUT2D eigenvalue weighted by Gasteiger charge is -2.02. The van der Waals surface area contributed by atoms with Crippen molar-refractivity contribution >= 4 is 28.2 Å². The standard InChI is InChI=1S/C12H13N7S2/c1-2-13-11-15-14-10(21-11)8-20-12-16-17-18-19(12)9-6-4-3-5-7-9/h3-7H,2,8H2,1H3,(H,13,15). The number of tetrazole rings is 1. The van der Waals surface area contributed by atoms with Gasteiger partial charge in [0.15, 0.2) is 0 Å². The highest BCUT2D eigenvalue weighted by atomic mass is 32.2. The molecule has 1 aromatic carbocycles. The molecule has 0 bridgehead atoms. The molecule has 9 heteroatoms. The number of rotatable bonds is 6. The van der Waals surface area contributed by atoms with Crippen molar-refractivity contribution in [2.75, 3.05) is 11.9 Å². The van der Waals surface area contributed by atoms with Gasteiger partial charge in [0, 0.05) is 6.54 Å². The Labute approximate surface area is 129 Å². The van der Waals surface area contributed by atoms with Gasteiger partial charge in [-0.05, 0) is 29.5 Å². The highest BCUT2D eigenvalue weighted by Crippen LogP contribution is 2.25. The minimum atomic E-state index is 0.691. The van der Waals surface area contributed by atoms with Crippen molar-refractivity contribution in [1.29, 1.82) is 0 Å². The zero-order valence-corrected chi connectivity index (χ0v) is 12.9. The summed E-state index contributed by atoms with van der Waals surface area (Å²) in [5.41, 5.74) is 0.940. The van der Waals surface area contributed by atoms with Crippen LogP contribution >= 0.6 is 23.1 Å². The Morgan fingerprint density at radius 3 is 2.86 bits per heavy atom. The maximum absolute atomic E-state index is 4.14. The van der Waals surface area contributed by atoms with Crippen LogP contribution in [0.25, 0.3) is 5.69 Å². The van der Waals surface area contributed by atoms with E-state index in [-0.39, 0.29) is 0 Å². The Kier molecular flexibility index (Phi) is 4.41. The van der Waals surface area contributed by atoms with Crippen molar-refractivity contribution in [3.8, 4) is 5.69 Å². The van der Waals surface area contributed by atoms with Crippen LogP contribution in [-0.4, -0.2) is 36.9 Å². The predicted octanol–water partition coefficient (Wildman–Crippen LogP) is 2.24. The zero-order chi connectivity index (χ0) is 14.5. The van der Waals surface area contributed by atoms with Gasteiger partial charge in [-0.1, -0.05) is 41.3 Å². The van der Waals surface area contributed by atoms with Crippen LogP contribution in [0.3, 0.4) is 0 Å². The molecule has 0 saturated carbocycles. The molecule has 0 spiro atoms. The second-order valence-electron chi connectivity index (χ2n) is 4.03. The smallest absolute Gasteiger partial charge is 0.214 e. The first-order valence-corrected chi connectivity index (χ1v) is 8.20. The largest absolute Gasteiger partial charge is 0.360 e. The van der Waals surface area contributed by atoms with E-state index in [1.54, 1.807) is 27.8 Å². The molecule has 0 aliphatic rings. The SMILES string of the molecule is CCNc1nnc(CSc2nnnn2-c2ccccc2)s1. The fraction of sp³-hybridized carbons (Fsp3) is 0.250. The Bertz CT molecular complexity index is 694. The number of para-hydroxylation sites is 1. The molecule has 0 radical (unpaired) electrons. The number of anilines is 1. The molecule has 7 nitrogen and oxygen atoms in total. The maximum Gasteiger partial charge on any atom is 0.214 e. The van der Waals surface area contributed by atoms with Crippen LogP contribution in [0.4, 0.5) is 5.13 Å². The quantitative estimate of drug-likeness (QED) is 0.698. The number of benzene rings is 1. The monoisotopic (exact) mass is 319 g/mol. The molecular formula is C12H13N7S2. The first kappa shape index (κ1) is 14.0. The van der Waals surface area contributed by atoms with Crippen molar-refractivity contribution in [3.05, 3.63) is 35.3 Å². The highest BCUT2D eigenvalue weighted by molar-refractivity contribution is 7.98. The van der Waals surface area contributed by atoms with Gasteiger partial charge < -0.3 is 5.32 Å². The van der Waals surface area contributed by atoms with Crippen LogP contribution in [0.1, 0.15) is 11.9 Å². The van der Waals surface area contributed by atoms with E-state index in [9.17, 15) is 0 Å². The molecular weight excluding hydrogens is 306 g/mol. The first-order chi connectivity index (χ1) is 10.4. The second-order valence-corrected chi connectivity index (χ2v) is 6.03. The van der Waals surface area contributed by atoms with E-state index in [2.05, 4.69) is 31.0 Å². The minimum absolute atomic E-state index is 0.691. The van der Waals surface area contributed by atoms with Gasteiger partial charge >= 0.3 is 0 Å². The van der Waals surface area contributed by atoms with Crippen LogP contribution in [0.15, 0.2) is 35.5 Å². The lowest BCUT2D eigenvalue weighted by molar-refractivity contribution is 0.756. The van der Waals surface area contributed by atoms with Gasteiger partial charge in [0.25, 0.3) is 0 Å². The van der Waals surface area contributed by atoms with Gasteiger partial charge in [-0.15, -0.1) is 15.3 Å². The molecule has 1 N–H and O–H groups in total. The van der Waals surface area contributed by atoms with Crippen molar-refractivity contribution < 1.29 is 0 Å². The lowest BCUT2D eigenvalue weighted by atomic mass is 10.3. The molecule has 0 amide bonds. The van der Waals surface area contributed by atoms with Crippen molar-refractivity contribution in [2.45, 2.75) is 17.8 Å². The van der Waals surface area contributed by atoms with E-state index in [4.69, 9.17) is 0 Å². The number of hydrogen-bond donors (Lipinski definition) is 1. The summed E-state index contributed by atoms with van der Waals surface area (Å²) in [6, 6.07) is 9.81. The molecule has 0 aliphatic carbocycles. The normalized spacial score (nSPS) is 10.7. The summed E-state index contributed by atoms with van der Waals surface area (Å²) in [5, 5.41) is 25.7. The summed E-state index contributed by atoms with van der Waals surface area (Å²) >= 11 is 3.09. The Morgan fingerprint density at radius 2 is 2.05 bits per heavy atom. The third-order valence-electron chi connectivity index (χ3n) is 2.56. The average molecular weight is 319 g/mol. The van der Waals surface area contributed by atoms with Gasteiger partial charge in [-0.3, -0.25) is 0 Å². The third kappa shape index (κ3) is 3.37. The molecule has 108 valence electrons. The molecule has 0 saturated heterocycles. The van der Waals surface area contributed by atoms with E-state index < -0.39 is 0 Å². The summed E-state index contributed by atoms with van der Waals surface area (Å²) in [5.74, 6) is 0.691. The van der Waals surface area contributed by atoms with E-state index in [1.165, 1.54) is 0 Å². The summed E-state index contributed by atoms with van der Waals surface area (Å²) in [7, 11) is 0. The van der Waals surface area contributed by atoms with E-state index in [0.29, 0.717) is 5.75 Å². The van der Waals surface area contributed by atoms with Crippen molar-refractivity contribution in [3.63, 3.8) is 0 Å². The molecule has 2 heterocycles. The van der Waals surface area contributed by atoms with Crippen molar-refractivity contribution in [2.24, 2.45) is 0 Å². The number of aromatic nitrogens is 6. The predicted molar refractivity (Wildman–Crippen MR) is 82.8 cm³/mol. The van der Waals surface area contributed by atoms with E-state index in [0.717, 1.165) is 27.5 Å². The molecule has 21 heavy (non-hydrogen) atoms. The van der Waals surface area contributed by atoms with E-state index in [1.807, 2.05) is 37.3 Å². The second kappa shape index (κ2) is 6.64. The van der Waals surface area contributed by atoms with Gasteiger partial charge in [0.1, 0.15) is 5.01 Å². The average Bonchev–Trinajstić information content (AvgIpc) is 3.15. The van der Waals surface area contributed by atoms with Crippen LogP contribution in [0.2, 0.25) is 0 Å². The number of thioether (sulfide) groups is 1. The van der Waals surface area contributed by atoms with Crippen molar-refractivity contribution in [1.82, 2.24) is 30.4 Å². The zero-order valence-electron chi connectivity index (χ0n) is 11.3. The Morgan fingerprint density at radius 1 is 1.19 bits per heavy atom. The molecule has 3 rings (SSSR count). The van der Waals surface area contributed by atoms with Crippen LogP contribution in [0.5, 0.6) is 0 Å². The number of nitrogens with one attached hydrogen (secondary N) is 1. The first-order valence-electron chi connectivity index (χ1n) is 6.39. The van der Waals surface area contributed by atoms with Gasteiger partial charge in [-0.2, -0.15) is 4.68 Å². The lowest BCUT2D eigenvalue weighted by Crippen LogP contribution is -1.98. The molecule has 3 aromatic rings. The summed E-state index contributed by atoms with van der Waals surface area (Å²) in [6.45, 7) is 2.87. The minimum Gasteiger partial charge on any atom is -0.360 e. The van der Waals surface area contributed by atoms with Crippen LogP contribution in [-0.2, 0) is 5.75 Å². The molecule has 0 unspecified atom stereocenters. The Hall–Kier alpha value is -2.00. The number of hydrogen-bond acceptors (Lipinski definition) is 8. The summed E-state index contributed by atoms with van der Waals surface area (Å²) in [4.78, 5) is 0.